The van der Waals surface area contributed by atoms with Gasteiger partial charge in [0.25, 0.3) is 0 Å². The number of nitriles is 1. The van der Waals surface area contributed by atoms with E-state index >= 15 is 0 Å². The minimum absolute atomic E-state index is 0.104. The number of carbonyl (C=O) groups is 2. The van der Waals surface area contributed by atoms with Crippen molar-refractivity contribution in [3.05, 3.63) is 23.3 Å². The smallest absolute Gasteiger partial charge is 0.307 e. The number of methoxy groups -OCH3 is 3. The first-order valence-electron chi connectivity index (χ1n) is 11.1. The van der Waals surface area contributed by atoms with Gasteiger partial charge in [-0.05, 0) is 42.5 Å². The van der Waals surface area contributed by atoms with Crippen molar-refractivity contribution in [3.8, 4) is 17.6 Å². The van der Waals surface area contributed by atoms with Crippen molar-refractivity contribution in [1.29, 1.82) is 5.26 Å². The number of ether oxygens (including phenoxy) is 3. The SMILES string of the molecule is COC(=O)CC1c2cc(OC)c(OC)cc2CCN1CC(=O)N(C)C1(C#N)CCCCC1. The van der Waals surface area contributed by atoms with Crippen LogP contribution < -0.4 is 9.47 Å². The standard InChI is InChI=1S/C24H33N3O5/c1-26(24(16-25)9-6-5-7-10-24)22(28)15-27-11-8-17-12-20(30-2)21(31-3)13-18(17)19(27)14-23(29)32-4/h12-13,19H,5-11,14-15H2,1-4H3. The predicted octanol–water partition coefficient (Wildman–Crippen LogP) is 2.85. The zero-order valence-electron chi connectivity index (χ0n) is 19.5. The third-order valence-electron chi connectivity index (χ3n) is 6.94. The van der Waals surface area contributed by atoms with E-state index in [0.717, 1.165) is 30.4 Å². The summed E-state index contributed by atoms with van der Waals surface area (Å²) in [4.78, 5) is 29.2. The van der Waals surface area contributed by atoms with Crippen molar-refractivity contribution < 1.29 is 23.8 Å². The number of esters is 1. The molecule has 0 N–H and O–H groups in total. The maximum atomic E-state index is 13.3. The molecule has 0 radical (unpaired) electrons. The van der Waals surface area contributed by atoms with E-state index in [1.807, 2.05) is 17.0 Å². The molecule has 1 unspecified atom stereocenters. The number of fused-ring (bicyclic) bond motifs is 1. The summed E-state index contributed by atoms with van der Waals surface area (Å²) in [5, 5.41) is 9.86. The molecule has 1 aromatic carbocycles. The van der Waals surface area contributed by atoms with Crippen molar-refractivity contribution in [2.75, 3.05) is 41.5 Å². The maximum absolute atomic E-state index is 13.3. The Labute approximate surface area is 190 Å². The van der Waals surface area contributed by atoms with Gasteiger partial charge in [0, 0.05) is 19.6 Å². The maximum Gasteiger partial charge on any atom is 0.307 e. The summed E-state index contributed by atoms with van der Waals surface area (Å²) < 4.78 is 15.8. The van der Waals surface area contributed by atoms with Crippen LogP contribution in [0.15, 0.2) is 12.1 Å². The molecule has 1 fully saturated rings. The molecule has 1 aliphatic carbocycles. The molecule has 8 heteroatoms. The lowest BCUT2D eigenvalue weighted by Crippen LogP contribution is -2.53. The lowest BCUT2D eigenvalue weighted by molar-refractivity contribution is -0.144. The van der Waals surface area contributed by atoms with E-state index in [2.05, 4.69) is 6.07 Å². The highest BCUT2D eigenvalue weighted by atomic mass is 16.5. The van der Waals surface area contributed by atoms with Crippen LogP contribution in [0.1, 0.15) is 55.7 Å². The number of carbonyl (C=O) groups excluding carboxylic acids is 2. The van der Waals surface area contributed by atoms with Crippen LogP contribution in [0.5, 0.6) is 11.5 Å². The molecule has 1 amide bonds. The molecule has 3 rings (SSSR count). The first-order valence-corrected chi connectivity index (χ1v) is 11.1. The Morgan fingerprint density at radius 2 is 1.81 bits per heavy atom. The number of nitrogens with zero attached hydrogens (tertiary/aromatic N) is 3. The first-order chi connectivity index (χ1) is 15.4. The van der Waals surface area contributed by atoms with E-state index in [-0.39, 0.29) is 30.9 Å². The van der Waals surface area contributed by atoms with Gasteiger partial charge in [0.05, 0.1) is 40.4 Å². The van der Waals surface area contributed by atoms with Gasteiger partial charge in [-0.2, -0.15) is 5.26 Å². The molecule has 1 heterocycles. The zero-order chi connectivity index (χ0) is 23.3. The summed E-state index contributed by atoms with van der Waals surface area (Å²) in [5.41, 5.74) is 1.26. The monoisotopic (exact) mass is 443 g/mol. The number of benzene rings is 1. The number of hydrogen-bond acceptors (Lipinski definition) is 7. The number of likely N-dealkylation sites (N-methyl/N-ethyl adjacent to an activating group) is 1. The molecule has 0 aromatic heterocycles. The largest absolute Gasteiger partial charge is 0.493 e. The van der Waals surface area contributed by atoms with Gasteiger partial charge in [-0.15, -0.1) is 0 Å². The van der Waals surface area contributed by atoms with Gasteiger partial charge in [-0.25, -0.2) is 0 Å². The molecule has 1 saturated carbocycles. The Bertz CT molecular complexity index is 888. The summed E-state index contributed by atoms with van der Waals surface area (Å²) in [6.07, 6.45) is 5.26. The van der Waals surface area contributed by atoms with E-state index in [4.69, 9.17) is 14.2 Å². The summed E-state index contributed by atoms with van der Waals surface area (Å²) in [6.45, 7) is 0.749. The van der Waals surface area contributed by atoms with Gasteiger partial charge in [0.2, 0.25) is 5.91 Å². The molecule has 8 nitrogen and oxygen atoms in total. The van der Waals surface area contributed by atoms with Gasteiger partial charge in [0.15, 0.2) is 11.5 Å². The van der Waals surface area contributed by atoms with Crippen LogP contribution in [-0.4, -0.2) is 68.7 Å². The van der Waals surface area contributed by atoms with E-state index in [1.54, 1.807) is 26.2 Å². The van der Waals surface area contributed by atoms with Crippen molar-refractivity contribution in [1.82, 2.24) is 9.80 Å². The van der Waals surface area contributed by atoms with E-state index in [0.29, 0.717) is 37.3 Å². The molecule has 1 atom stereocenters. The fraction of sp³-hybridized carbons (Fsp3) is 0.625. The second-order valence-electron chi connectivity index (χ2n) is 8.58. The van der Waals surface area contributed by atoms with Crippen LogP contribution in [0.2, 0.25) is 0 Å². The molecule has 0 spiro atoms. The topological polar surface area (TPSA) is 92.1 Å². The highest BCUT2D eigenvalue weighted by Crippen LogP contribution is 2.40. The molecule has 0 bridgehead atoms. The average Bonchev–Trinajstić information content (AvgIpc) is 2.84. The predicted molar refractivity (Wildman–Crippen MR) is 118 cm³/mol. The molecule has 174 valence electrons. The Balaban J connectivity index is 1.88. The molecule has 1 aromatic rings. The summed E-state index contributed by atoms with van der Waals surface area (Å²) in [5.74, 6) is 0.772. The zero-order valence-corrected chi connectivity index (χ0v) is 19.5. The number of hydrogen-bond donors (Lipinski definition) is 0. The van der Waals surface area contributed by atoms with Gasteiger partial charge in [0.1, 0.15) is 5.54 Å². The Kier molecular flexibility index (Phi) is 7.62. The lowest BCUT2D eigenvalue weighted by atomic mass is 9.81. The van der Waals surface area contributed by atoms with Crippen molar-refractivity contribution in [3.63, 3.8) is 0 Å². The molecule has 32 heavy (non-hydrogen) atoms. The van der Waals surface area contributed by atoms with Crippen molar-refractivity contribution in [2.45, 2.75) is 56.5 Å². The number of rotatable bonds is 7. The minimum atomic E-state index is -0.739. The quantitative estimate of drug-likeness (QED) is 0.598. The van der Waals surface area contributed by atoms with Crippen LogP contribution in [0.3, 0.4) is 0 Å². The van der Waals surface area contributed by atoms with Crippen LogP contribution in [0.25, 0.3) is 0 Å². The van der Waals surface area contributed by atoms with Crippen LogP contribution in [-0.2, 0) is 20.7 Å². The van der Waals surface area contributed by atoms with Crippen LogP contribution in [0, 0.1) is 11.3 Å². The number of amides is 1. The third kappa shape index (κ3) is 4.68. The Morgan fingerprint density at radius 3 is 2.41 bits per heavy atom. The van der Waals surface area contributed by atoms with E-state index < -0.39 is 5.54 Å². The Hall–Kier alpha value is -2.79. The first kappa shape index (κ1) is 23.9. The molecule has 2 aliphatic rings. The van der Waals surface area contributed by atoms with Crippen LogP contribution >= 0.6 is 0 Å². The normalized spacial score (nSPS) is 19.9. The second-order valence-corrected chi connectivity index (χ2v) is 8.58. The van der Waals surface area contributed by atoms with Gasteiger partial charge in [-0.1, -0.05) is 19.3 Å². The highest BCUT2D eigenvalue weighted by molar-refractivity contribution is 5.80. The molecule has 0 saturated heterocycles. The average molecular weight is 444 g/mol. The van der Waals surface area contributed by atoms with Crippen LogP contribution in [0.4, 0.5) is 0 Å². The lowest BCUT2D eigenvalue weighted by Gasteiger charge is -2.42. The van der Waals surface area contributed by atoms with Gasteiger partial charge < -0.3 is 19.1 Å². The Morgan fingerprint density at radius 1 is 1.16 bits per heavy atom. The summed E-state index contributed by atoms with van der Waals surface area (Å²) >= 11 is 0. The summed E-state index contributed by atoms with van der Waals surface area (Å²) in [7, 11) is 6.27. The fourth-order valence-electron chi connectivity index (χ4n) is 4.93. The van der Waals surface area contributed by atoms with Gasteiger partial charge in [-0.3, -0.25) is 14.5 Å². The second kappa shape index (κ2) is 10.2. The molecular weight excluding hydrogens is 410 g/mol. The fourth-order valence-corrected chi connectivity index (χ4v) is 4.93. The minimum Gasteiger partial charge on any atom is -0.493 e. The van der Waals surface area contributed by atoms with Crippen molar-refractivity contribution >= 4 is 11.9 Å². The third-order valence-corrected chi connectivity index (χ3v) is 6.94. The van der Waals surface area contributed by atoms with Crippen molar-refractivity contribution in [2.24, 2.45) is 0 Å². The van der Waals surface area contributed by atoms with Gasteiger partial charge >= 0.3 is 5.97 Å². The van der Waals surface area contributed by atoms with E-state index in [9.17, 15) is 14.9 Å². The molecule has 1 aliphatic heterocycles. The van der Waals surface area contributed by atoms with E-state index in [1.165, 1.54) is 7.11 Å². The summed E-state index contributed by atoms with van der Waals surface area (Å²) in [6, 6.07) is 5.92. The highest BCUT2D eigenvalue weighted by Gasteiger charge is 2.40. The molecular formula is C24H33N3O5.